The van der Waals surface area contributed by atoms with Crippen LogP contribution in [0.15, 0.2) is 52.0 Å². The lowest BCUT2D eigenvalue weighted by molar-refractivity contribution is -0.182. The molecule has 4 aliphatic rings. The van der Waals surface area contributed by atoms with E-state index in [0.29, 0.717) is 18.4 Å². The number of carbonyl (C=O) groups excluding carboxylic acids is 1. The quantitative estimate of drug-likeness (QED) is 0.146. The summed E-state index contributed by atoms with van der Waals surface area (Å²) in [6.45, 7) is 21.3. The first-order valence-electron chi connectivity index (χ1n) is 15.4. The van der Waals surface area contributed by atoms with Gasteiger partial charge in [0.25, 0.3) is 0 Å². The van der Waals surface area contributed by atoms with Crippen molar-refractivity contribution in [2.75, 3.05) is 26.2 Å². The Bertz CT molecular complexity index is 1180. The molecule has 0 N–H and O–H groups in total. The zero-order valence-corrected chi connectivity index (χ0v) is 26.0. The monoisotopic (exact) mass is 550 g/mol. The first-order valence-corrected chi connectivity index (χ1v) is 15.4. The minimum absolute atomic E-state index is 0.0237. The number of furan rings is 1. The Kier molecular flexibility index (Phi) is 7.65. The van der Waals surface area contributed by atoms with E-state index in [9.17, 15) is 4.79 Å². The molecular formula is C34H50N2O4. The highest BCUT2D eigenvalue weighted by molar-refractivity contribution is 6.00. The average Bonchev–Trinajstić information content (AvgIpc) is 3.54. The van der Waals surface area contributed by atoms with Crippen LogP contribution >= 0.6 is 0 Å². The molecule has 5 rings (SSSR count). The highest BCUT2D eigenvalue weighted by atomic mass is 16.6. The number of rotatable bonds is 8. The molecule has 220 valence electrons. The van der Waals surface area contributed by atoms with E-state index in [1.165, 1.54) is 11.1 Å². The van der Waals surface area contributed by atoms with E-state index < -0.39 is 0 Å². The molecule has 0 bridgehead atoms. The van der Waals surface area contributed by atoms with Gasteiger partial charge >= 0.3 is 5.97 Å². The lowest BCUT2D eigenvalue weighted by atomic mass is 9.38. The summed E-state index contributed by atoms with van der Waals surface area (Å²) in [5.74, 6) is 0.830. The van der Waals surface area contributed by atoms with Crippen molar-refractivity contribution in [3.63, 3.8) is 0 Å². The third-order valence-corrected chi connectivity index (χ3v) is 11.8. The van der Waals surface area contributed by atoms with Gasteiger partial charge in [-0.05, 0) is 85.1 Å². The van der Waals surface area contributed by atoms with Crippen LogP contribution < -0.4 is 0 Å². The third kappa shape index (κ3) is 4.40. The molecule has 4 aliphatic carbocycles. The number of carbonyl (C=O) groups is 1. The molecule has 2 saturated carbocycles. The fourth-order valence-corrected chi connectivity index (χ4v) is 9.58. The Morgan fingerprint density at radius 1 is 1.15 bits per heavy atom. The van der Waals surface area contributed by atoms with Crippen molar-refractivity contribution >= 4 is 11.7 Å². The Labute approximate surface area is 241 Å². The van der Waals surface area contributed by atoms with Gasteiger partial charge in [0.2, 0.25) is 0 Å². The Balaban J connectivity index is 1.49. The molecule has 2 unspecified atom stereocenters. The van der Waals surface area contributed by atoms with E-state index in [1.807, 2.05) is 6.26 Å². The number of allylic oxidation sites excluding steroid dienone is 3. The number of hydrogen-bond acceptors (Lipinski definition) is 6. The number of oxime groups is 1. The van der Waals surface area contributed by atoms with Gasteiger partial charge < -0.3 is 18.9 Å². The van der Waals surface area contributed by atoms with E-state index in [4.69, 9.17) is 14.0 Å². The first kappa shape index (κ1) is 29.2. The van der Waals surface area contributed by atoms with Gasteiger partial charge in [-0.3, -0.25) is 4.79 Å². The van der Waals surface area contributed by atoms with Crippen LogP contribution in [0.4, 0.5) is 0 Å². The number of ether oxygens (including phenoxy) is 1. The van der Waals surface area contributed by atoms with E-state index in [1.54, 1.807) is 13.2 Å². The Hall–Kier alpha value is -2.34. The summed E-state index contributed by atoms with van der Waals surface area (Å²) in [5, 5.41) is 4.68. The molecule has 7 atom stereocenters. The standard InChI is InChI=1S/C34H50N2O4/c1-9-36(10-2)18-20-39-35-29-14-17-33(7)27-13-16-32(6)25(24-15-19-38-22-24)11-12-26(32)34(27,8)30(40-23(3)37)21-28(33)31(29,4)5/h12,14-15,17,19,22,25,27-28,30H,9-11,13,16,18,20-21H2,1-8H3/b35-29+/t25-,27?,28?,30+,32-,33+,34-/m0/s1. The van der Waals surface area contributed by atoms with Gasteiger partial charge in [0.15, 0.2) is 0 Å². The highest BCUT2D eigenvalue weighted by Gasteiger charge is 2.68. The predicted octanol–water partition coefficient (Wildman–Crippen LogP) is 7.38. The number of likely N-dealkylation sites (N-methyl/N-ethyl adjacent to an activating group) is 1. The van der Waals surface area contributed by atoms with Crippen molar-refractivity contribution in [3.8, 4) is 0 Å². The molecule has 0 aliphatic heterocycles. The maximum atomic E-state index is 12.6. The van der Waals surface area contributed by atoms with Crippen LogP contribution in [0.25, 0.3) is 0 Å². The van der Waals surface area contributed by atoms with E-state index in [-0.39, 0.29) is 39.7 Å². The largest absolute Gasteiger partial charge is 0.472 e. The molecule has 1 aromatic rings. The van der Waals surface area contributed by atoms with Gasteiger partial charge in [0.1, 0.15) is 12.7 Å². The minimum Gasteiger partial charge on any atom is -0.472 e. The van der Waals surface area contributed by atoms with E-state index in [0.717, 1.165) is 51.0 Å². The predicted molar refractivity (Wildman–Crippen MR) is 159 cm³/mol. The van der Waals surface area contributed by atoms with Crippen molar-refractivity contribution in [2.45, 2.75) is 93.1 Å². The zero-order valence-electron chi connectivity index (χ0n) is 26.0. The van der Waals surface area contributed by atoms with Crippen molar-refractivity contribution < 1.29 is 18.8 Å². The topological polar surface area (TPSA) is 64.3 Å². The molecule has 0 saturated heterocycles. The maximum absolute atomic E-state index is 12.6. The fourth-order valence-electron chi connectivity index (χ4n) is 9.58. The molecule has 2 fully saturated rings. The second-order valence-corrected chi connectivity index (χ2v) is 13.9. The summed E-state index contributed by atoms with van der Waals surface area (Å²) in [6, 6.07) is 2.13. The second-order valence-electron chi connectivity index (χ2n) is 13.9. The van der Waals surface area contributed by atoms with Crippen molar-refractivity contribution in [1.29, 1.82) is 0 Å². The summed E-state index contributed by atoms with van der Waals surface area (Å²) in [4.78, 5) is 20.8. The average molecular weight is 551 g/mol. The summed E-state index contributed by atoms with van der Waals surface area (Å²) in [7, 11) is 0. The van der Waals surface area contributed by atoms with E-state index in [2.05, 4.69) is 82.8 Å². The summed E-state index contributed by atoms with van der Waals surface area (Å²) in [6.07, 6.45) is 14.7. The Morgan fingerprint density at radius 3 is 2.55 bits per heavy atom. The van der Waals surface area contributed by atoms with Gasteiger partial charge in [0.05, 0.1) is 18.2 Å². The van der Waals surface area contributed by atoms with Crippen LogP contribution in [0.5, 0.6) is 0 Å². The van der Waals surface area contributed by atoms with Gasteiger partial charge in [-0.1, -0.05) is 71.3 Å². The number of esters is 1. The molecule has 1 aromatic heterocycles. The lowest BCUT2D eigenvalue weighted by Crippen LogP contribution is -2.64. The molecule has 0 spiro atoms. The molecule has 0 radical (unpaired) electrons. The SMILES string of the molecule is CCN(CC)CCO/N=C1\C=C[C@@]2(C)C(C[C@@H](OC(C)=O)[C@@]3(C)C4=CC[C@@H](c5ccoc5)[C@]4(C)CCC23)C1(C)C. The van der Waals surface area contributed by atoms with Gasteiger partial charge in [-0.15, -0.1) is 0 Å². The minimum atomic E-state index is -0.238. The highest BCUT2D eigenvalue weighted by Crippen LogP contribution is 2.73. The summed E-state index contributed by atoms with van der Waals surface area (Å²) in [5.41, 5.74) is 3.26. The molecular weight excluding hydrogens is 500 g/mol. The van der Waals surface area contributed by atoms with Crippen LogP contribution in [0.3, 0.4) is 0 Å². The zero-order chi connectivity index (χ0) is 28.9. The molecule has 6 heteroatoms. The smallest absolute Gasteiger partial charge is 0.302 e. The van der Waals surface area contributed by atoms with Crippen LogP contribution in [0, 0.1) is 33.5 Å². The fraction of sp³-hybridized carbons (Fsp3) is 0.706. The Morgan fingerprint density at radius 2 is 1.90 bits per heavy atom. The summed E-state index contributed by atoms with van der Waals surface area (Å²) < 4.78 is 11.8. The van der Waals surface area contributed by atoms with E-state index >= 15 is 0 Å². The normalized spacial score (nSPS) is 38.9. The van der Waals surface area contributed by atoms with Crippen LogP contribution in [-0.4, -0.2) is 48.9 Å². The van der Waals surface area contributed by atoms with Crippen LogP contribution in [0.2, 0.25) is 0 Å². The summed E-state index contributed by atoms with van der Waals surface area (Å²) >= 11 is 0. The second kappa shape index (κ2) is 10.5. The third-order valence-electron chi connectivity index (χ3n) is 11.8. The van der Waals surface area contributed by atoms with Gasteiger partial charge in [-0.2, -0.15) is 0 Å². The molecule has 0 amide bonds. The van der Waals surface area contributed by atoms with Crippen molar-refractivity contribution in [3.05, 3.63) is 48.0 Å². The molecule has 0 aromatic carbocycles. The first-order chi connectivity index (χ1) is 18.9. The van der Waals surface area contributed by atoms with Crippen LogP contribution in [-0.2, 0) is 14.4 Å². The number of fused-ring (bicyclic) bond motifs is 5. The molecule has 40 heavy (non-hydrogen) atoms. The van der Waals surface area contributed by atoms with Crippen molar-refractivity contribution in [1.82, 2.24) is 4.90 Å². The number of hydrogen-bond donors (Lipinski definition) is 0. The molecule has 1 heterocycles. The van der Waals surface area contributed by atoms with Crippen LogP contribution in [0.1, 0.15) is 92.6 Å². The lowest BCUT2D eigenvalue weighted by Gasteiger charge is -2.66. The molecule has 6 nitrogen and oxygen atoms in total. The van der Waals surface area contributed by atoms with Gasteiger partial charge in [-0.25, -0.2) is 0 Å². The maximum Gasteiger partial charge on any atom is 0.302 e. The van der Waals surface area contributed by atoms with Gasteiger partial charge in [0, 0.05) is 24.3 Å². The number of nitrogens with zero attached hydrogens (tertiary/aromatic N) is 2. The van der Waals surface area contributed by atoms with Crippen molar-refractivity contribution in [2.24, 2.45) is 38.7 Å².